The molecule has 2 heterocycles. The van der Waals surface area contributed by atoms with Gasteiger partial charge in [-0.05, 0) is 31.9 Å². The third-order valence-corrected chi connectivity index (χ3v) is 4.32. The molecule has 1 aromatic rings. The van der Waals surface area contributed by atoms with E-state index in [2.05, 4.69) is 15.2 Å². The number of fused-ring (bicyclic) bond motifs is 1. The second-order valence-corrected chi connectivity index (χ2v) is 5.76. The summed E-state index contributed by atoms with van der Waals surface area (Å²) in [5.41, 5.74) is 0.776. The highest BCUT2D eigenvalue weighted by Crippen LogP contribution is 2.36. The number of aromatic nitrogens is 1. The van der Waals surface area contributed by atoms with Gasteiger partial charge < -0.3 is 10.2 Å². The van der Waals surface area contributed by atoms with Crippen molar-refractivity contribution in [2.75, 3.05) is 10.2 Å². The summed E-state index contributed by atoms with van der Waals surface area (Å²) >= 11 is 6.01. The standard InChI is InChI=1S/C14H18ClN3O/c1-9-14(19)16-11-7-8-12(15)17-13(11)18(9)10-5-3-2-4-6-10/h7-10H,2-6H2,1H3,(H,16,19)/t9-/m1/s1. The minimum Gasteiger partial charge on any atom is -0.340 e. The Morgan fingerprint density at radius 3 is 2.79 bits per heavy atom. The second-order valence-electron chi connectivity index (χ2n) is 5.37. The molecule has 0 unspecified atom stereocenters. The van der Waals surface area contributed by atoms with Crippen molar-refractivity contribution in [1.82, 2.24) is 4.98 Å². The number of halogens is 1. The van der Waals surface area contributed by atoms with E-state index >= 15 is 0 Å². The van der Waals surface area contributed by atoms with Crippen molar-refractivity contribution in [2.45, 2.75) is 51.1 Å². The van der Waals surface area contributed by atoms with Crippen LogP contribution in [0.2, 0.25) is 5.15 Å². The molecule has 1 amide bonds. The molecule has 1 fully saturated rings. The number of hydrogen-bond acceptors (Lipinski definition) is 3. The van der Waals surface area contributed by atoms with Crippen LogP contribution in [0.4, 0.5) is 11.5 Å². The van der Waals surface area contributed by atoms with E-state index in [9.17, 15) is 4.79 Å². The fourth-order valence-corrected chi connectivity index (χ4v) is 3.26. The van der Waals surface area contributed by atoms with Gasteiger partial charge in [-0.25, -0.2) is 4.98 Å². The van der Waals surface area contributed by atoms with Gasteiger partial charge in [-0.1, -0.05) is 30.9 Å². The second kappa shape index (κ2) is 5.00. The molecule has 3 rings (SSSR count). The number of nitrogens with one attached hydrogen (secondary N) is 1. The van der Waals surface area contributed by atoms with Gasteiger partial charge in [-0.2, -0.15) is 0 Å². The molecular formula is C14H18ClN3O. The van der Waals surface area contributed by atoms with Crippen LogP contribution in [-0.4, -0.2) is 23.0 Å². The summed E-state index contributed by atoms with van der Waals surface area (Å²) in [7, 11) is 0. The molecule has 19 heavy (non-hydrogen) atoms. The predicted octanol–water partition coefficient (Wildman–Crippen LogP) is 3.21. The molecule has 1 aliphatic carbocycles. The van der Waals surface area contributed by atoms with Crippen LogP contribution in [0, 0.1) is 0 Å². The maximum absolute atomic E-state index is 12.1. The molecule has 0 bridgehead atoms. The molecule has 0 spiro atoms. The SMILES string of the molecule is C[C@@H]1C(=O)Nc2ccc(Cl)nc2N1C1CCCCC1. The normalized spacial score (nSPS) is 24.0. The average Bonchev–Trinajstić information content (AvgIpc) is 2.42. The molecule has 4 nitrogen and oxygen atoms in total. The van der Waals surface area contributed by atoms with E-state index < -0.39 is 0 Å². The van der Waals surface area contributed by atoms with E-state index in [1.165, 1.54) is 19.3 Å². The summed E-state index contributed by atoms with van der Waals surface area (Å²) in [6.07, 6.45) is 6.01. The van der Waals surface area contributed by atoms with Gasteiger partial charge in [-0.15, -0.1) is 0 Å². The number of nitrogens with zero attached hydrogens (tertiary/aromatic N) is 2. The lowest BCUT2D eigenvalue weighted by Crippen LogP contribution is -2.52. The summed E-state index contributed by atoms with van der Waals surface area (Å²) in [5.74, 6) is 0.869. The van der Waals surface area contributed by atoms with Crippen LogP contribution in [-0.2, 0) is 4.79 Å². The molecule has 1 aromatic heterocycles. The molecule has 0 aromatic carbocycles. The Kier molecular flexibility index (Phi) is 3.35. The Morgan fingerprint density at radius 1 is 1.32 bits per heavy atom. The topological polar surface area (TPSA) is 45.2 Å². The van der Waals surface area contributed by atoms with Gasteiger partial charge in [0.25, 0.3) is 0 Å². The number of carbonyl (C=O) groups is 1. The third kappa shape index (κ3) is 2.29. The molecule has 5 heteroatoms. The number of hydrogen-bond donors (Lipinski definition) is 1. The first kappa shape index (κ1) is 12.7. The Bertz CT molecular complexity index is 499. The van der Waals surface area contributed by atoms with Crippen molar-refractivity contribution < 1.29 is 4.79 Å². The largest absolute Gasteiger partial charge is 0.340 e. The molecule has 1 N–H and O–H groups in total. The minimum absolute atomic E-state index is 0.0437. The summed E-state index contributed by atoms with van der Waals surface area (Å²) in [6, 6.07) is 3.78. The molecule has 2 aliphatic rings. The predicted molar refractivity (Wildman–Crippen MR) is 76.7 cm³/mol. The van der Waals surface area contributed by atoms with Crippen LogP contribution >= 0.6 is 11.6 Å². The van der Waals surface area contributed by atoms with Crippen LogP contribution in [0.15, 0.2) is 12.1 Å². The van der Waals surface area contributed by atoms with E-state index in [1.807, 2.05) is 13.0 Å². The third-order valence-electron chi connectivity index (χ3n) is 4.11. The quantitative estimate of drug-likeness (QED) is 0.803. The number of carbonyl (C=O) groups excluding carboxylic acids is 1. The maximum Gasteiger partial charge on any atom is 0.246 e. The van der Waals surface area contributed by atoms with Gasteiger partial charge in [0, 0.05) is 6.04 Å². The van der Waals surface area contributed by atoms with E-state index in [0.717, 1.165) is 24.3 Å². The minimum atomic E-state index is -0.179. The van der Waals surface area contributed by atoms with Gasteiger partial charge in [0.2, 0.25) is 5.91 Å². The van der Waals surface area contributed by atoms with E-state index in [1.54, 1.807) is 6.07 Å². The first-order valence-corrected chi connectivity index (χ1v) is 7.30. The Hall–Kier alpha value is -1.29. The van der Waals surface area contributed by atoms with E-state index in [4.69, 9.17) is 11.6 Å². The monoisotopic (exact) mass is 279 g/mol. The Balaban J connectivity index is 2.01. The van der Waals surface area contributed by atoms with Gasteiger partial charge in [0.05, 0.1) is 5.69 Å². The zero-order valence-electron chi connectivity index (χ0n) is 11.0. The van der Waals surface area contributed by atoms with E-state index in [0.29, 0.717) is 11.2 Å². The summed E-state index contributed by atoms with van der Waals surface area (Å²) in [4.78, 5) is 18.7. The molecule has 0 radical (unpaired) electrons. The number of anilines is 2. The first-order chi connectivity index (χ1) is 9.16. The lowest BCUT2D eigenvalue weighted by Gasteiger charge is -2.42. The number of rotatable bonds is 1. The lowest BCUT2D eigenvalue weighted by atomic mass is 9.92. The lowest BCUT2D eigenvalue weighted by molar-refractivity contribution is -0.117. The van der Waals surface area contributed by atoms with Crippen LogP contribution in [0.1, 0.15) is 39.0 Å². The van der Waals surface area contributed by atoms with Crippen molar-refractivity contribution in [1.29, 1.82) is 0 Å². The van der Waals surface area contributed by atoms with Crippen LogP contribution in [0.3, 0.4) is 0 Å². The maximum atomic E-state index is 12.1. The molecule has 1 atom stereocenters. The summed E-state index contributed by atoms with van der Waals surface area (Å²) in [6.45, 7) is 1.94. The van der Waals surface area contributed by atoms with Crippen molar-refractivity contribution in [3.8, 4) is 0 Å². The summed E-state index contributed by atoms with van der Waals surface area (Å²) in [5, 5.41) is 3.38. The Labute approximate surface area is 118 Å². The highest BCUT2D eigenvalue weighted by atomic mass is 35.5. The fourth-order valence-electron chi connectivity index (χ4n) is 3.11. The zero-order valence-corrected chi connectivity index (χ0v) is 11.8. The van der Waals surface area contributed by atoms with Crippen molar-refractivity contribution in [3.05, 3.63) is 17.3 Å². The van der Waals surface area contributed by atoms with Gasteiger partial charge >= 0.3 is 0 Å². The smallest absolute Gasteiger partial charge is 0.246 e. The first-order valence-electron chi connectivity index (χ1n) is 6.92. The molecule has 1 saturated carbocycles. The highest BCUT2D eigenvalue weighted by molar-refractivity contribution is 6.29. The molecular weight excluding hydrogens is 262 g/mol. The Morgan fingerprint density at radius 2 is 2.05 bits per heavy atom. The zero-order chi connectivity index (χ0) is 13.4. The van der Waals surface area contributed by atoms with Gasteiger partial charge in [0.1, 0.15) is 11.2 Å². The number of amides is 1. The molecule has 102 valence electrons. The summed E-state index contributed by atoms with van der Waals surface area (Å²) < 4.78 is 0. The van der Waals surface area contributed by atoms with Crippen LogP contribution in [0.25, 0.3) is 0 Å². The van der Waals surface area contributed by atoms with E-state index in [-0.39, 0.29) is 11.9 Å². The average molecular weight is 280 g/mol. The molecule has 0 saturated heterocycles. The van der Waals surface area contributed by atoms with Crippen LogP contribution < -0.4 is 10.2 Å². The van der Waals surface area contributed by atoms with Gasteiger partial charge in [0.15, 0.2) is 5.82 Å². The van der Waals surface area contributed by atoms with Crippen molar-refractivity contribution in [3.63, 3.8) is 0 Å². The fraction of sp³-hybridized carbons (Fsp3) is 0.571. The van der Waals surface area contributed by atoms with Crippen LogP contribution in [0.5, 0.6) is 0 Å². The van der Waals surface area contributed by atoms with Crippen molar-refractivity contribution >= 4 is 29.0 Å². The van der Waals surface area contributed by atoms with Gasteiger partial charge in [-0.3, -0.25) is 4.79 Å². The van der Waals surface area contributed by atoms with Crippen molar-refractivity contribution in [2.24, 2.45) is 0 Å². The molecule has 1 aliphatic heterocycles. The number of pyridine rings is 1. The highest BCUT2D eigenvalue weighted by Gasteiger charge is 2.35.